The van der Waals surface area contributed by atoms with Crippen LogP contribution in [0, 0.1) is 0 Å². The van der Waals surface area contributed by atoms with Gasteiger partial charge in [0.05, 0.1) is 12.7 Å². The van der Waals surface area contributed by atoms with Crippen LogP contribution < -0.4 is 5.32 Å². The zero-order valence-electron chi connectivity index (χ0n) is 8.95. The number of hydrogen-bond donors (Lipinski definition) is 1. The fourth-order valence-electron chi connectivity index (χ4n) is 2.30. The minimum Gasteiger partial charge on any atom is -0.373 e. The fourth-order valence-corrected chi connectivity index (χ4v) is 2.30. The van der Waals surface area contributed by atoms with E-state index in [-0.39, 0.29) is 12.0 Å². The van der Waals surface area contributed by atoms with Gasteiger partial charge in [0.1, 0.15) is 0 Å². The molecule has 84 valence electrons. The van der Waals surface area contributed by atoms with E-state index in [4.69, 9.17) is 4.74 Å². The summed E-state index contributed by atoms with van der Waals surface area (Å²) < 4.78 is 5.70. The van der Waals surface area contributed by atoms with Crippen LogP contribution in [0.2, 0.25) is 0 Å². The van der Waals surface area contributed by atoms with Crippen LogP contribution in [0.5, 0.6) is 0 Å². The minimum absolute atomic E-state index is 0.123. The van der Waals surface area contributed by atoms with Gasteiger partial charge < -0.3 is 10.1 Å². The van der Waals surface area contributed by atoms with Gasteiger partial charge in [-0.15, -0.1) is 0 Å². The number of morpholine rings is 1. The van der Waals surface area contributed by atoms with Gasteiger partial charge in [-0.25, -0.2) is 0 Å². The number of rotatable bonds is 3. The van der Waals surface area contributed by atoms with Gasteiger partial charge in [0.25, 0.3) is 0 Å². The van der Waals surface area contributed by atoms with E-state index in [2.05, 4.69) is 16.8 Å². The third-order valence-corrected chi connectivity index (χ3v) is 3.15. The summed E-state index contributed by atoms with van der Waals surface area (Å²) in [5.41, 5.74) is 0. The van der Waals surface area contributed by atoms with Gasteiger partial charge in [-0.2, -0.15) is 0 Å². The maximum atomic E-state index is 11.0. The Morgan fingerprint density at radius 2 is 2.53 bits per heavy atom. The zero-order valence-corrected chi connectivity index (χ0v) is 8.95. The maximum absolute atomic E-state index is 11.0. The second-order valence-electron chi connectivity index (χ2n) is 4.20. The van der Waals surface area contributed by atoms with Crippen molar-refractivity contribution in [2.75, 3.05) is 26.2 Å². The van der Waals surface area contributed by atoms with Crippen molar-refractivity contribution in [2.45, 2.75) is 25.0 Å². The van der Waals surface area contributed by atoms with E-state index in [9.17, 15) is 4.79 Å². The molecule has 2 aliphatic heterocycles. The first kappa shape index (κ1) is 10.6. The molecule has 15 heavy (non-hydrogen) atoms. The van der Waals surface area contributed by atoms with Crippen LogP contribution >= 0.6 is 0 Å². The number of amides is 1. The number of ether oxygens (including phenoxy) is 1. The molecule has 0 spiro atoms. The van der Waals surface area contributed by atoms with Gasteiger partial charge in [-0.1, -0.05) is 6.58 Å². The van der Waals surface area contributed by atoms with Gasteiger partial charge >= 0.3 is 0 Å². The standard InChI is InChI=1S/C11H18N2O2/c1-2-11(14)12-6-10-7-13-5-3-4-9(13)8-15-10/h2,9-10H,1,3-8H2,(H,12,14). The van der Waals surface area contributed by atoms with E-state index in [0.717, 1.165) is 13.2 Å². The maximum Gasteiger partial charge on any atom is 0.243 e. The molecule has 2 atom stereocenters. The minimum atomic E-state index is -0.123. The number of hydrogen-bond acceptors (Lipinski definition) is 3. The van der Waals surface area contributed by atoms with Crippen LogP contribution in [0.15, 0.2) is 12.7 Å². The highest BCUT2D eigenvalue weighted by Gasteiger charge is 2.31. The monoisotopic (exact) mass is 210 g/mol. The quantitative estimate of drug-likeness (QED) is 0.674. The molecule has 0 aromatic heterocycles. The molecule has 0 bridgehead atoms. The summed E-state index contributed by atoms with van der Waals surface area (Å²) >= 11 is 0. The fraction of sp³-hybridized carbons (Fsp3) is 0.727. The van der Waals surface area contributed by atoms with Gasteiger partial charge in [-0.05, 0) is 25.5 Å². The molecule has 2 saturated heterocycles. The summed E-state index contributed by atoms with van der Waals surface area (Å²) in [5.74, 6) is -0.123. The lowest BCUT2D eigenvalue weighted by Crippen LogP contribution is -2.49. The van der Waals surface area contributed by atoms with Crippen molar-refractivity contribution < 1.29 is 9.53 Å². The van der Waals surface area contributed by atoms with Gasteiger partial charge in [-0.3, -0.25) is 9.69 Å². The summed E-state index contributed by atoms with van der Waals surface area (Å²) in [7, 11) is 0. The van der Waals surface area contributed by atoms with Gasteiger partial charge in [0, 0.05) is 19.1 Å². The van der Waals surface area contributed by atoms with Gasteiger partial charge in [0.15, 0.2) is 0 Å². The van der Waals surface area contributed by atoms with Crippen LogP contribution in [0.1, 0.15) is 12.8 Å². The second-order valence-corrected chi connectivity index (χ2v) is 4.20. The molecule has 2 unspecified atom stereocenters. The molecule has 2 rings (SSSR count). The van der Waals surface area contributed by atoms with Gasteiger partial charge in [0.2, 0.25) is 5.91 Å². The molecule has 1 amide bonds. The van der Waals surface area contributed by atoms with Crippen molar-refractivity contribution in [3.8, 4) is 0 Å². The Balaban J connectivity index is 1.75. The second kappa shape index (κ2) is 4.77. The largest absolute Gasteiger partial charge is 0.373 e. The smallest absolute Gasteiger partial charge is 0.243 e. The summed E-state index contributed by atoms with van der Waals surface area (Å²) in [6.45, 7) is 6.95. The number of nitrogens with one attached hydrogen (secondary N) is 1. The SMILES string of the molecule is C=CC(=O)NCC1CN2CCCC2CO1. The normalized spacial score (nSPS) is 30.9. The van der Waals surface area contributed by atoms with Crippen LogP contribution in [0.4, 0.5) is 0 Å². The highest BCUT2D eigenvalue weighted by Crippen LogP contribution is 2.22. The first-order chi connectivity index (χ1) is 7.29. The lowest BCUT2D eigenvalue weighted by molar-refractivity contribution is -0.118. The molecule has 0 aliphatic carbocycles. The predicted molar refractivity (Wildman–Crippen MR) is 57.5 cm³/mol. The van der Waals surface area contributed by atoms with E-state index in [0.29, 0.717) is 12.6 Å². The summed E-state index contributed by atoms with van der Waals surface area (Å²) in [5, 5.41) is 2.77. The van der Waals surface area contributed by atoms with Crippen molar-refractivity contribution in [1.29, 1.82) is 0 Å². The highest BCUT2D eigenvalue weighted by molar-refractivity contribution is 5.86. The summed E-state index contributed by atoms with van der Waals surface area (Å²) in [4.78, 5) is 13.5. The molecule has 1 N–H and O–H groups in total. The third kappa shape index (κ3) is 2.58. The van der Waals surface area contributed by atoms with E-state index in [1.807, 2.05) is 0 Å². The lowest BCUT2D eigenvalue weighted by Gasteiger charge is -2.35. The summed E-state index contributed by atoms with van der Waals surface area (Å²) in [6.07, 6.45) is 3.97. The third-order valence-electron chi connectivity index (χ3n) is 3.15. The molecule has 0 saturated carbocycles. The Hall–Kier alpha value is -0.870. The van der Waals surface area contributed by atoms with Crippen LogP contribution in [0.3, 0.4) is 0 Å². The average molecular weight is 210 g/mol. The van der Waals surface area contributed by atoms with Crippen molar-refractivity contribution in [2.24, 2.45) is 0 Å². The Morgan fingerprint density at radius 1 is 1.67 bits per heavy atom. The Labute approximate surface area is 90.3 Å². The Bertz CT molecular complexity index is 255. The molecule has 4 heteroatoms. The molecular weight excluding hydrogens is 192 g/mol. The molecule has 2 aliphatic rings. The molecule has 0 radical (unpaired) electrons. The van der Waals surface area contributed by atoms with Crippen LogP contribution in [-0.2, 0) is 9.53 Å². The predicted octanol–water partition coefficient (Wildman–Crippen LogP) is 0.152. The van der Waals surface area contributed by atoms with Crippen molar-refractivity contribution in [3.05, 3.63) is 12.7 Å². The molecule has 0 aromatic rings. The topological polar surface area (TPSA) is 41.6 Å². The van der Waals surface area contributed by atoms with E-state index >= 15 is 0 Å². The average Bonchev–Trinajstić information content (AvgIpc) is 2.72. The highest BCUT2D eigenvalue weighted by atomic mass is 16.5. The van der Waals surface area contributed by atoms with Crippen LogP contribution in [-0.4, -0.2) is 49.2 Å². The molecule has 2 fully saturated rings. The summed E-state index contributed by atoms with van der Waals surface area (Å²) in [6, 6.07) is 0.622. The Morgan fingerprint density at radius 3 is 3.33 bits per heavy atom. The zero-order chi connectivity index (χ0) is 10.7. The number of nitrogens with zero attached hydrogens (tertiary/aromatic N) is 1. The Kier molecular flexibility index (Phi) is 3.38. The molecule has 2 heterocycles. The molecule has 4 nitrogen and oxygen atoms in total. The van der Waals surface area contributed by atoms with Crippen molar-refractivity contribution in [3.63, 3.8) is 0 Å². The number of carbonyl (C=O) groups is 1. The van der Waals surface area contributed by atoms with Crippen LogP contribution in [0.25, 0.3) is 0 Å². The number of carbonyl (C=O) groups excluding carboxylic acids is 1. The van der Waals surface area contributed by atoms with Crippen molar-refractivity contribution >= 4 is 5.91 Å². The molecular formula is C11H18N2O2. The van der Waals surface area contributed by atoms with E-state index in [1.54, 1.807) is 0 Å². The lowest BCUT2D eigenvalue weighted by atomic mass is 10.2. The molecule has 0 aromatic carbocycles. The first-order valence-corrected chi connectivity index (χ1v) is 5.55. The van der Waals surface area contributed by atoms with Crippen molar-refractivity contribution in [1.82, 2.24) is 10.2 Å². The van der Waals surface area contributed by atoms with E-state index < -0.39 is 0 Å². The van der Waals surface area contributed by atoms with E-state index in [1.165, 1.54) is 25.5 Å². The first-order valence-electron chi connectivity index (χ1n) is 5.55. The number of fused-ring (bicyclic) bond motifs is 1.